The molecule has 0 saturated carbocycles. The van der Waals surface area contributed by atoms with Crippen LogP contribution in [0.5, 0.6) is 0 Å². The van der Waals surface area contributed by atoms with Crippen molar-refractivity contribution in [1.82, 2.24) is 5.32 Å². The number of benzene rings is 1. The summed E-state index contributed by atoms with van der Waals surface area (Å²) in [7, 11) is 0. The first-order valence-electron chi connectivity index (χ1n) is 7.81. The Bertz CT molecular complexity index is 602. The summed E-state index contributed by atoms with van der Waals surface area (Å²) in [5.41, 5.74) is 0.573. The van der Waals surface area contributed by atoms with Crippen LogP contribution in [0.2, 0.25) is 0 Å². The predicted molar refractivity (Wildman–Crippen MR) is 86.3 cm³/mol. The Morgan fingerprint density at radius 1 is 1.12 bits per heavy atom. The molecule has 0 spiro atoms. The average Bonchev–Trinajstić information content (AvgIpc) is 2.51. The van der Waals surface area contributed by atoms with E-state index in [2.05, 4.69) is 5.32 Å². The van der Waals surface area contributed by atoms with Gasteiger partial charge in [0.05, 0.1) is 12.3 Å². The molecular weight excluding hydrogens is 333 g/mol. The first-order valence-corrected chi connectivity index (χ1v) is 7.81. The summed E-state index contributed by atoms with van der Waals surface area (Å²) in [5.74, 6) is -2.91. The van der Waals surface area contributed by atoms with Gasteiger partial charge in [0.15, 0.2) is 0 Å². The molecule has 1 amide bonds. The molecule has 1 aromatic rings. The van der Waals surface area contributed by atoms with E-state index in [9.17, 15) is 18.8 Å². The van der Waals surface area contributed by atoms with Crippen molar-refractivity contribution in [2.45, 2.75) is 39.4 Å². The third-order valence-electron chi connectivity index (χ3n) is 3.28. The Kier molecular flexibility index (Phi) is 7.84. The Hall–Kier alpha value is -2.64. The zero-order valence-electron chi connectivity index (χ0n) is 14.3. The summed E-state index contributed by atoms with van der Waals surface area (Å²) in [6.07, 6.45) is -2.16. The lowest BCUT2D eigenvalue weighted by Crippen LogP contribution is -2.34. The van der Waals surface area contributed by atoms with E-state index in [1.165, 1.54) is 31.2 Å². The zero-order chi connectivity index (χ0) is 19.0. The standard InChI is InChI=1S/C17H22FNO6/c1-10(2)16(22)24-11(3)25-17(23)19-9-13(8-15(20)21)12-4-6-14(18)7-5-12/h4-7,10-11,13H,8-9H2,1-3H3,(H,19,23)(H,20,21). The molecule has 2 unspecified atom stereocenters. The molecule has 0 radical (unpaired) electrons. The number of hydrogen-bond acceptors (Lipinski definition) is 5. The molecule has 0 aliphatic carbocycles. The van der Waals surface area contributed by atoms with Crippen LogP contribution >= 0.6 is 0 Å². The topological polar surface area (TPSA) is 102 Å². The summed E-state index contributed by atoms with van der Waals surface area (Å²) in [6.45, 7) is 4.67. The van der Waals surface area contributed by atoms with Crippen molar-refractivity contribution in [3.8, 4) is 0 Å². The van der Waals surface area contributed by atoms with Crippen LogP contribution in [0.15, 0.2) is 24.3 Å². The van der Waals surface area contributed by atoms with Gasteiger partial charge in [0.2, 0.25) is 6.29 Å². The summed E-state index contributed by atoms with van der Waals surface area (Å²) in [6, 6.07) is 5.36. The molecule has 0 aliphatic rings. The highest BCUT2D eigenvalue weighted by atomic mass is 19.1. The van der Waals surface area contributed by atoms with Crippen molar-refractivity contribution in [2.75, 3.05) is 6.54 Å². The maximum atomic E-state index is 13.0. The second-order valence-electron chi connectivity index (χ2n) is 5.79. The molecule has 1 rings (SSSR count). The van der Waals surface area contributed by atoms with E-state index in [0.29, 0.717) is 5.56 Å². The minimum Gasteiger partial charge on any atom is -0.481 e. The number of alkyl carbamates (subject to hydrolysis) is 1. The average molecular weight is 355 g/mol. The van der Waals surface area contributed by atoms with Crippen LogP contribution < -0.4 is 5.32 Å². The summed E-state index contributed by atoms with van der Waals surface area (Å²) < 4.78 is 22.8. The van der Waals surface area contributed by atoms with Crippen LogP contribution in [-0.2, 0) is 19.1 Å². The van der Waals surface area contributed by atoms with Gasteiger partial charge in [-0.15, -0.1) is 0 Å². The lowest BCUT2D eigenvalue weighted by Gasteiger charge is -2.18. The minimum absolute atomic E-state index is 0.0262. The number of hydrogen-bond donors (Lipinski definition) is 2. The van der Waals surface area contributed by atoms with Crippen LogP contribution in [0.3, 0.4) is 0 Å². The maximum Gasteiger partial charge on any atom is 0.410 e. The molecule has 0 fully saturated rings. The number of aliphatic carboxylic acids is 1. The number of halogens is 1. The SMILES string of the molecule is CC(OC(=O)NCC(CC(=O)O)c1ccc(F)cc1)OC(=O)C(C)C. The number of carbonyl (C=O) groups is 3. The first kappa shape index (κ1) is 20.4. The number of nitrogens with one attached hydrogen (secondary N) is 1. The summed E-state index contributed by atoms with van der Waals surface area (Å²) >= 11 is 0. The fraction of sp³-hybridized carbons (Fsp3) is 0.471. The molecule has 138 valence electrons. The Balaban J connectivity index is 2.58. The Morgan fingerprint density at radius 3 is 2.24 bits per heavy atom. The smallest absolute Gasteiger partial charge is 0.410 e. The van der Waals surface area contributed by atoms with Gasteiger partial charge in [-0.1, -0.05) is 26.0 Å². The molecule has 1 aromatic carbocycles. The van der Waals surface area contributed by atoms with E-state index < -0.39 is 36.1 Å². The molecule has 7 nitrogen and oxygen atoms in total. The second-order valence-corrected chi connectivity index (χ2v) is 5.79. The number of carboxylic acid groups (broad SMARTS) is 1. The first-order chi connectivity index (χ1) is 11.7. The molecule has 2 atom stereocenters. The normalized spacial score (nSPS) is 13.0. The molecule has 0 saturated heterocycles. The number of carbonyl (C=O) groups excluding carboxylic acids is 2. The van der Waals surface area contributed by atoms with Gasteiger partial charge < -0.3 is 19.9 Å². The van der Waals surface area contributed by atoms with Crippen LogP contribution in [0.1, 0.15) is 38.7 Å². The van der Waals surface area contributed by atoms with Gasteiger partial charge >= 0.3 is 18.0 Å². The highest BCUT2D eigenvalue weighted by Gasteiger charge is 2.20. The number of carboxylic acids is 1. The molecular formula is C17H22FNO6. The molecule has 2 N–H and O–H groups in total. The van der Waals surface area contributed by atoms with Crippen LogP contribution in [0, 0.1) is 11.7 Å². The second kappa shape index (κ2) is 9.61. The van der Waals surface area contributed by atoms with Gasteiger partial charge in [0, 0.05) is 19.4 Å². The Labute approximate surface area is 145 Å². The lowest BCUT2D eigenvalue weighted by atomic mass is 9.96. The third-order valence-corrected chi connectivity index (χ3v) is 3.28. The van der Waals surface area contributed by atoms with E-state index in [1.807, 2.05) is 0 Å². The molecule has 0 aliphatic heterocycles. The number of rotatable bonds is 8. The van der Waals surface area contributed by atoms with Gasteiger partial charge in [0.1, 0.15) is 5.82 Å². The van der Waals surface area contributed by atoms with Crippen LogP contribution in [0.25, 0.3) is 0 Å². The zero-order valence-corrected chi connectivity index (χ0v) is 14.3. The van der Waals surface area contributed by atoms with Gasteiger partial charge in [-0.2, -0.15) is 0 Å². The molecule has 25 heavy (non-hydrogen) atoms. The van der Waals surface area contributed by atoms with Gasteiger partial charge in [-0.25, -0.2) is 9.18 Å². The highest BCUT2D eigenvalue weighted by Crippen LogP contribution is 2.19. The highest BCUT2D eigenvalue weighted by molar-refractivity contribution is 5.72. The third kappa shape index (κ3) is 7.65. The van der Waals surface area contributed by atoms with Crippen molar-refractivity contribution >= 4 is 18.0 Å². The van der Waals surface area contributed by atoms with Gasteiger partial charge in [-0.05, 0) is 17.7 Å². The van der Waals surface area contributed by atoms with Gasteiger partial charge in [0.25, 0.3) is 0 Å². The fourth-order valence-electron chi connectivity index (χ4n) is 1.98. The summed E-state index contributed by atoms with van der Waals surface area (Å²) in [4.78, 5) is 34.1. The monoisotopic (exact) mass is 355 g/mol. The van der Waals surface area contributed by atoms with E-state index in [1.54, 1.807) is 13.8 Å². The predicted octanol–water partition coefficient (Wildman–Crippen LogP) is 2.66. The van der Waals surface area contributed by atoms with E-state index in [4.69, 9.17) is 14.6 Å². The van der Waals surface area contributed by atoms with E-state index in [0.717, 1.165) is 0 Å². The molecule has 0 aromatic heterocycles. The maximum absolute atomic E-state index is 13.0. The minimum atomic E-state index is -1.07. The van der Waals surface area contributed by atoms with Crippen molar-refractivity contribution in [3.05, 3.63) is 35.6 Å². The van der Waals surface area contributed by atoms with Crippen LogP contribution in [-0.4, -0.2) is 36.0 Å². The largest absolute Gasteiger partial charge is 0.481 e. The van der Waals surface area contributed by atoms with Gasteiger partial charge in [-0.3, -0.25) is 9.59 Å². The molecule has 0 bridgehead atoms. The molecule has 8 heteroatoms. The number of amides is 1. The molecule has 0 heterocycles. The van der Waals surface area contributed by atoms with E-state index in [-0.39, 0.29) is 18.9 Å². The van der Waals surface area contributed by atoms with E-state index >= 15 is 0 Å². The lowest BCUT2D eigenvalue weighted by molar-refractivity contribution is -0.168. The quantitative estimate of drug-likeness (QED) is 0.549. The Morgan fingerprint density at radius 2 is 1.72 bits per heavy atom. The van der Waals surface area contributed by atoms with Crippen molar-refractivity contribution < 1.29 is 33.4 Å². The fourth-order valence-corrected chi connectivity index (χ4v) is 1.98. The summed E-state index contributed by atoms with van der Waals surface area (Å²) in [5, 5.41) is 11.4. The van der Waals surface area contributed by atoms with Crippen molar-refractivity contribution in [2.24, 2.45) is 5.92 Å². The van der Waals surface area contributed by atoms with Crippen LogP contribution in [0.4, 0.5) is 9.18 Å². The van der Waals surface area contributed by atoms with Crippen molar-refractivity contribution in [1.29, 1.82) is 0 Å². The number of ether oxygens (including phenoxy) is 2. The number of esters is 1. The van der Waals surface area contributed by atoms with Crippen molar-refractivity contribution in [3.63, 3.8) is 0 Å².